The van der Waals surface area contributed by atoms with Crippen molar-refractivity contribution >= 4 is 29.4 Å². The van der Waals surface area contributed by atoms with Gasteiger partial charge in [0.15, 0.2) is 10.9 Å². The van der Waals surface area contributed by atoms with Crippen molar-refractivity contribution in [2.24, 2.45) is 0 Å². The van der Waals surface area contributed by atoms with E-state index in [0.717, 1.165) is 22.4 Å². The first-order valence-corrected chi connectivity index (χ1v) is 13.7. The second kappa shape index (κ2) is 11.5. The Hall–Kier alpha value is -2.55. The summed E-state index contributed by atoms with van der Waals surface area (Å²) in [5.74, 6) is 2.84. The Morgan fingerprint density at radius 1 is 1.09 bits per heavy atom. The predicted octanol–water partition coefficient (Wildman–Crippen LogP) is 4.56. The monoisotopic (exact) mass is 499 g/mol. The fourth-order valence-electron chi connectivity index (χ4n) is 4.71. The van der Waals surface area contributed by atoms with Crippen LogP contribution in [0.2, 0.25) is 0 Å². The zero-order valence-electron chi connectivity index (χ0n) is 21.3. The van der Waals surface area contributed by atoms with Gasteiger partial charge in [0.1, 0.15) is 11.6 Å². The molecule has 190 valence electrons. The van der Waals surface area contributed by atoms with Crippen molar-refractivity contribution in [2.75, 3.05) is 38.1 Å². The first-order valence-electron chi connectivity index (χ1n) is 12.7. The lowest BCUT2D eigenvalue weighted by Gasteiger charge is -2.33. The first-order chi connectivity index (χ1) is 16.8. The fourth-order valence-corrected chi connectivity index (χ4v) is 5.47. The number of anilines is 1. The molecule has 2 amide bonds. The van der Waals surface area contributed by atoms with E-state index in [0.29, 0.717) is 49.7 Å². The maximum absolute atomic E-state index is 12.8. The fraction of sp³-hybridized carbons (Fsp3) is 0.615. The summed E-state index contributed by atoms with van der Waals surface area (Å²) in [6, 6.07) is 6.25. The van der Waals surface area contributed by atoms with Crippen molar-refractivity contribution in [3.8, 4) is 0 Å². The molecule has 9 heteroatoms. The van der Waals surface area contributed by atoms with Crippen LogP contribution in [-0.4, -0.2) is 70.9 Å². The summed E-state index contributed by atoms with van der Waals surface area (Å²) in [6.07, 6.45) is 6.32. The van der Waals surface area contributed by atoms with Gasteiger partial charge in [0.25, 0.3) is 5.91 Å². The van der Waals surface area contributed by atoms with Crippen LogP contribution in [0.3, 0.4) is 0 Å². The molecule has 0 atom stereocenters. The maximum atomic E-state index is 12.8. The highest BCUT2D eigenvalue weighted by molar-refractivity contribution is 7.98. The minimum atomic E-state index is -0.126. The third-order valence-corrected chi connectivity index (χ3v) is 7.89. The van der Waals surface area contributed by atoms with Crippen LogP contribution in [-0.2, 0) is 10.5 Å². The highest BCUT2D eigenvalue weighted by Gasteiger charge is 2.25. The molecule has 1 saturated carbocycles. The normalized spacial score (nSPS) is 17.2. The molecule has 3 heterocycles. The second-order valence-electron chi connectivity index (χ2n) is 9.84. The van der Waals surface area contributed by atoms with Crippen LogP contribution in [0, 0.1) is 0 Å². The molecule has 0 aromatic carbocycles. The van der Waals surface area contributed by atoms with E-state index in [9.17, 15) is 9.59 Å². The van der Waals surface area contributed by atoms with Crippen LogP contribution < -0.4 is 4.90 Å². The first kappa shape index (κ1) is 25.5. The summed E-state index contributed by atoms with van der Waals surface area (Å²) >= 11 is 1.54. The summed E-state index contributed by atoms with van der Waals surface area (Å²) in [5.41, 5.74) is 1.04. The van der Waals surface area contributed by atoms with E-state index in [1.165, 1.54) is 43.9 Å². The number of carbonyl (C=O) groups excluding carboxylic acids is 2. The lowest BCUT2D eigenvalue weighted by molar-refractivity contribution is -0.130. The summed E-state index contributed by atoms with van der Waals surface area (Å²) < 4.78 is 5.89. The third kappa shape index (κ3) is 6.37. The Morgan fingerprint density at radius 3 is 2.43 bits per heavy atom. The molecule has 2 aromatic rings. The van der Waals surface area contributed by atoms with Gasteiger partial charge in [0.05, 0.1) is 5.75 Å². The molecule has 1 aliphatic heterocycles. The number of hydrogen-bond acceptors (Lipinski definition) is 7. The summed E-state index contributed by atoms with van der Waals surface area (Å²) in [7, 11) is 2.15. The lowest BCUT2D eigenvalue weighted by Crippen LogP contribution is -2.50. The van der Waals surface area contributed by atoms with Crippen LogP contribution in [0.15, 0.2) is 27.8 Å². The SMILES string of the molecule is CC(=O)N1CCN(C(=O)c2ccc(CSc3nc(C(C)C)cc(N(C)C4CCCCC4)n3)o2)CC1. The van der Waals surface area contributed by atoms with Crippen molar-refractivity contribution in [1.29, 1.82) is 0 Å². The van der Waals surface area contributed by atoms with Gasteiger partial charge in [0, 0.05) is 58.0 Å². The molecule has 1 saturated heterocycles. The molecular formula is C26H37N5O3S. The molecule has 0 bridgehead atoms. The topological polar surface area (TPSA) is 82.8 Å². The highest BCUT2D eigenvalue weighted by Crippen LogP contribution is 2.29. The van der Waals surface area contributed by atoms with Gasteiger partial charge < -0.3 is 19.1 Å². The number of amides is 2. The zero-order valence-corrected chi connectivity index (χ0v) is 22.1. The van der Waals surface area contributed by atoms with E-state index in [1.54, 1.807) is 22.8 Å². The van der Waals surface area contributed by atoms with Crippen LogP contribution in [0.1, 0.15) is 80.8 Å². The molecule has 8 nitrogen and oxygen atoms in total. The quantitative estimate of drug-likeness (QED) is 0.408. The molecule has 4 rings (SSSR count). The molecule has 35 heavy (non-hydrogen) atoms. The minimum absolute atomic E-state index is 0.0475. The number of nitrogens with zero attached hydrogens (tertiary/aromatic N) is 5. The van der Waals surface area contributed by atoms with Crippen molar-refractivity contribution in [3.05, 3.63) is 35.4 Å². The van der Waals surface area contributed by atoms with E-state index in [1.807, 2.05) is 6.07 Å². The smallest absolute Gasteiger partial charge is 0.289 e. The van der Waals surface area contributed by atoms with Crippen molar-refractivity contribution in [2.45, 2.75) is 75.7 Å². The average Bonchev–Trinajstić information content (AvgIpc) is 3.36. The Labute approximate surface area is 212 Å². The van der Waals surface area contributed by atoms with Crippen molar-refractivity contribution in [3.63, 3.8) is 0 Å². The Morgan fingerprint density at radius 2 is 1.77 bits per heavy atom. The third-order valence-electron chi connectivity index (χ3n) is 7.02. The minimum Gasteiger partial charge on any atom is -0.455 e. The maximum Gasteiger partial charge on any atom is 0.289 e. The number of thioether (sulfide) groups is 1. The second-order valence-corrected chi connectivity index (χ2v) is 10.8. The molecule has 2 aromatic heterocycles. The largest absolute Gasteiger partial charge is 0.455 e. The molecule has 0 spiro atoms. The van der Waals surface area contributed by atoms with Gasteiger partial charge in [0.2, 0.25) is 5.91 Å². The molecule has 2 aliphatic rings. The van der Waals surface area contributed by atoms with Gasteiger partial charge in [-0.15, -0.1) is 0 Å². The van der Waals surface area contributed by atoms with Gasteiger partial charge in [-0.25, -0.2) is 9.97 Å². The number of rotatable bonds is 7. The van der Waals surface area contributed by atoms with Crippen LogP contribution in [0.5, 0.6) is 0 Å². The summed E-state index contributed by atoms with van der Waals surface area (Å²) in [5, 5.41) is 0.735. The predicted molar refractivity (Wildman–Crippen MR) is 138 cm³/mol. The van der Waals surface area contributed by atoms with Crippen molar-refractivity contribution in [1.82, 2.24) is 19.8 Å². The van der Waals surface area contributed by atoms with E-state index in [2.05, 4.69) is 31.9 Å². The average molecular weight is 500 g/mol. The molecule has 0 unspecified atom stereocenters. The Bertz CT molecular complexity index is 1030. The van der Waals surface area contributed by atoms with E-state index >= 15 is 0 Å². The summed E-state index contributed by atoms with van der Waals surface area (Å²) in [6.45, 7) is 8.04. The molecular weight excluding hydrogens is 462 g/mol. The highest BCUT2D eigenvalue weighted by atomic mass is 32.2. The standard InChI is InChI=1S/C26H37N5O3S/c1-18(2)22-16-24(29(4)20-8-6-5-7-9-20)28-26(27-22)35-17-21-10-11-23(34-21)25(33)31-14-12-30(13-15-31)19(3)32/h10-11,16,18,20H,5-9,12-15,17H2,1-4H3. The Balaban J connectivity index is 1.40. The number of furan rings is 1. The number of piperazine rings is 1. The van der Waals surface area contributed by atoms with E-state index in [-0.39, 0.29) is 11.8 Å². The number of hydrogen-bond donors (Lipinski definition) is 0. The van der Waals surface area contributed by atoms with E-state index < -0.39 is 0 Å². The number of aromatic nitrogens is 2. The van der Waals surface area contributed by atoms with Gasteiger partial charge >= 0.3 is 0 Å². The van der Waals surface area contributed by atoms with Crippen LogP contribution in [0.4, 0.5) is 5.82 Å². The Kier molecular flexibility index (Phi) is 8.36. The van der Waals surface area contributed by atoms with Gasteiger partial charge in [-0.1, -0.05) is 44.9 Å². The zero-order chi connectivity index (χ0) is 24.9. The molecule has 0 radical (unpaired) electrons. The van der Waals surface area contributed by atoms with E-state index in [4.69, 9.17) is 14.4 Å². The molecule has 1 aliphatic carbocycles. The van der Waals surface area contributed by atoms with Crippen molar-refractivity contribution < 1.29 is 14.0 Å². The van der Waals surface area contributed by atoms with Crippen LogP contribution >= 0.6 is 11.8 Å². The lowest BCUT2D eigenvalue weighted by atomic mass is 9.94. The number of carbonyl (C=O) groups is 2. The van der Waals surface area contributed by atoms with Gasteiger partial charge in [-0.05, 0) is 30.9 Å². The van der Waals surface area contributed by atoms with Crippen LogP contribution in [0.25, 0.3) is 0 Å². The van der Waals surface area contributed by atoms with Gasteiger partial charge in [-0.3, -0.25) is 9.59 Å². The molecule has 0 N–H and O–H groups in total. The summed E-state index contributed by atoms with van der Waals surface area (Å²) in [4.78, 5) is 39.9. The van der Waals surface area contributed by atoms with Gasteiger partial charge in [-0.2, -0.15) is 0 Å². The molecule has 2 fully saturated rings.